The molecule has 0 aromatic heterocycles. The van der Waals surface area contributed by atoms with Gasteiger partial charge in [-0.2, -0.15) is 0 Å². The lowest BCUT2D eigenvalue weighted by Gasteiger charge is -2.05. The normalized spacial score (nSPS) is 12.2. The summed E-state index contributed by atoms with van der Waals surface area (Å²) in [4.78, 5) is 20.8. The van der Waals surface area contributed by atoms with E-state index in [9.17, 15) is 9.59 Å². The molecule has 0 aliphatic rings. The Morgan fingerprint density at radius 1 is 1.64 bits per heavy atom. The van der Waals surface area contributed by atoms with Crippen LogP contribution in [0.5, 0.6) is 0 Å². The lowest BCUT2D eigenvalue weighted by atomic mass is 10.2. The van der Waals surface area contributed by atoms with Gasteiger partial charge in [-0.05, 0) is 6.42 Å². The van der Waals surface area contributed by atoms with Crippen LogP contribution in [0, 0.1) is 0 Å². The van der Waals surface area contributed by atoms with E-state index in [2.05, 4.69) is 15.9 Å². The Balaban J connectivity index is 3.73. The number of hydrogen-bond donors (Lipinski definition) is 2. The maximum atomic E-state index is 10.9. The Labute approximate surface area is 73.6 Å². The largest absolute Gasteiger partial charge is 0.351 e. The molecule has 0 spiro atoms. The van der Waals surface area contributed by atoms with Gasteiger partial charge < -0.3 is 5.73 Å². The zero-order valence-electron chi connectivity index (χ0n) is 6.26. The number of carbonyl (C=O) groups excluding carboxylic acids is 2. The number of halogens is 1. The second-order valence-corrected chi connectivity index (χ2v) is 3.22. The molecule has 0 heterocycles. The van der Waals surface area contributed by atoms with Crippen LogP contribution in [0.4, 0.5) is 4.79 Å². The maximum absolute atomic E-state index is 10.9. The van der Waals surface area contributed by atoms with E-state index in [1.807, 2.05) is 12.2 Å². The van der Waals surface area contributed by atoms with Crippen molar-refractivity contribution in [3.8, 4) is 0 Å². The van der Waals surface area contributed by atoms with Crippen LogP contribution in [-0.2, 0) is 4.79 Å². The standard InChI is InChI=1S/C6H11BrN2O2/c1-2-3-4(7)5(10)9-6(8)11/h4H,2-3H2,1H3,(H3,8,9,10,11). The Kier molecular flexibility index (Phi) is 4.85. The first-order chi connectivity index (χ1) is 5.07. The predicted molar refractivity (Wildman–Crippen MR) is 45.3 cm³/mol. The first kappa shape index (κ1) is 10.4. The lowest BCUT2D eigenvalue weighted by Crippen LogP contribution is -2.39. The monoisotopic (exact) mass is 222 g/mol. The average molecular weight is 223 g/mol. The van der Waals surface area contributed by atoms with Crippen LogP contribution >= 0.6 is 15.9 Å². The Morgan fingerprint density at radius 2 is 2.18 bits per heavy atom. The molecule has 0 rings (SSSR count). The predicted octanol–water partition coefficient (Wildman–Crippen LogP) is 0.745. The van der Waals surface area contributed by atoms with Crippen LogP contribution in [-0.4, -0.2) is 16.8 Å². The molecule has 0 fully saturated rings. The summed E-state index contributed by atoms with van der Waals surface area (Å²) in [6, 6.07) is -0.810. The molecule has 0 aromatic carbocycles. The SMILES string of the molecule is CCCC(Br)C(=O)NC(N)=O. The van der Waals surface area contributed by atoms with Gasteiger partial charge in [0.1, 0.15) is 0 Å². The fraction of sp³-hybridized carbons (Fsp3) is 0.667. The summed E-state index contributed by atoms with van der Waals surface area (Å²) in [7, 11) is 0. The number of rotatable bonds is 3. The van der Waals surface area contributed by atoms with Gasteiger partial charge in [-0.25, -0.2) is 4.79 Å². The van der Waals surface area contributed by atoms with Crippen molar-refractivity contribution in [2.24, 2.45) is 5.73 Å². The smallest absolute Gasteiger partial charge is 0.318 e. The van der Waals surface area contributed by atoms with Gasteiger partial charge in [0.25, 0.3) is 0 Å². The van der Waals surface area contributed by atoms with Crippen molar-refractivity contribution < 1.29 is 9.59 Å². The summed E-state index contributed by atoms with van der Waals surface area (Å²) < 4.78 is 0. The second kappa shape index (κ2) is 5.12. The maximum Gasteiger partial charge on any atom is 0.318 e. The van der Waals surface area contributed by atoms with Crippen LogP contribution in [0.15, 0.2) is 0 Å². The molecule has 0 bridgehead atoms. The molecule has 0 saturated carbocycles. The van der Waals surface area contributed by atoms with Crippen molar-refractivity contribution in [1.29, 1.82) is 0 Å². The number of alkyl halides is 1. The molecular formula is C6H11BrN2O2. The van der Waals surface area contributed by atoms with E-state index in [1.165, 1.54) is 0 Å². The Hall–Kier alpha value is -0.580. The number of urea groups is 1. The van der Waals surface area contributed by atoms with Gasteiger partial charge in [-0.15, -0.1) is 0 Å². The van der Waals surface area contributed by atoms with E-state index < -0.39 is 6.03 Å². The number of imide groups is 1. The van der Waals surface area contributed by atoms with Crippen molar-refractivity contribution in [2.45, 2.75) is 24.6 Å². The number of nitrogens with one attached hydrogen (secondary N) is 1. The van der Waals surface area contributed by atoms with E-state index in [-0.39, 0.29) is 10.7 Å². The van der Waals surface area contributed by atoms with Crippen LogP contribution in [0.2, 0.25) is 0 Å². The third-order valence-electron chi connectivity index (χ3n) is 1.07. The van der Waals surface area contributed by atoms with Crippen molar-refractivity contribution in [3.63, 3.8) is 0 Å². The summed E-state index contributed by atoms with van der Waals surface area (Å²) in [5, 5.41) is 1.98. The number of primary amides is 1. The molecule has 1 atom stereocenters. The molecule has 4 nitrogen and oxygen atoms in total. The quantitative estimate of drug-likeness (QED) is 0.692. The topological polar surface area (TPSA) is 72.2 Å². The molecule has 0 aliphatic heterocycles. The van der Waals surface area contributed by atoms with Crippen LogP contribution in [0.1, 0.15) is 19.8 Å². The molecule has 0 saturated heterocycles. The minimum atomic E-state index is -0.810. The van der Waals surface area contributed by atoms with Crippen molar-refractivity contribution in [3.05, 3.63) is 0 Å². The van der Waals surface area contributed by atoms with E-state index in [1.54, 1.807) is 0 Å². The molecule has 0 aromatic rings. The molecule has 0 radical (unpaired) electrons. The highest BCUT2D eigenvalue weighted by Gasteiger charge is 2.14. The number of carbonyl (C=O) groups is 2. The van der Waals surface area contributed by atoms with Gasteiger partial charge >= 0.3 is 6.03 Å². The van der Waals surface area contributed by atoms with Crippen molar-refractivity contribution in [2.75, 3.05) is 0 Å². The van der Waals surface area contributed by atoms with Crippen LogP contribution in [0.3, 0.4) is 0 Å². The van der Waals surface area contributed by atoms with Gasteiger partial charge in [0.05, 0.1) is 4.83 Å². The van der Waals surface area contributed by atoms with Gasteiger partial charge in [0, 0.05) is 0 Å². The summed E-state index contributed by atoms with van der Waals surface area (Å²) in [5.74, 6) is -0.376. The minimum absolute atomic E-state index is 0.319. The molecule has 3 amide bonds. The molecule has 64 valence electrons. The van der Waals surface area contributed by atoms with Gasteiger partial charge in [-0.3, -0.25) is 10.1 Å². The highest BCUT2D eigenvalue weighted by atomic mass is 79.9. The zero-order chi connectivity index (χ0) is 8.85. The molecule has 0 aliphatic carbocycles. The summed E-state index contributed by atoms with van der Waals surface area (Å²) >= 11 is 3.11. The Bertz CT molecular complexity index is 161. The fourth-order valence-corrected chi connectivity index (χ4v) is 1.16. The lowest BCUT2D eigenvalue weighted by molar-refractivity contribution is -0.119. The van der Waals surface area contributed by atoms with Gasteiger partial charge in [0.2, 0.25) is 5.91 Å². The molecule has 1 unspecified atom stereocenters. The third kappa shape index (κ3) is 4.78. The average Bonchev–Trinajstić information content (AvgIpc) is 1.86. The van der Waals surface area contributed by atoms with E-state index >= 15 is 0 Å². The summed E-state index contributed by atoms with van der Waals surface area (Å²) in [6.07, 6.45) is 1.57. The molecule has 5 heteroatoms. The minimum Gasteiger partial charge on any atom is -0.351 e. The summed E-state index contributed by atoms with van der Waals surface area (Å²) in [5.41, 5.74) is 4.74. The Morgan fingerprint density at radius 3 is 2.55 bits per heavy atom. The molecule has 11 heavy (non-hydrogen) atoms. The van der Waals surface area contributed by atoms with E-state index in [0.29, 0.717) is 6.42 Å². The fourth-order valence-electron chi connectivity index (χ4n) is 0.584. The van der Waals surface area contributed by atoms with Gasteiger partial charge in [0.15, 0.2) is 0 Å². The third-order valence-corrected chi connectivity index (χ3v) is 1.95. The molecular weight excluding hydrogens is 212 g/mol. The first-order valence-corrected chi connectivity index (χ1v) is 4.23. The first-order valence-electron chi connectivity index (χ1n) is 3.32. The number of amides is 3. The highest BCUT2D eigenvalue weighted by Crippen LogP contribution is 2.06. The van der Waals surface area contributed by atoms with Gasteiger partial charge in [-0.1, -0.05) is 29.3 Å². The second-order valence-electron chi connectivity index (χ2n) is 2.11. The highest BCUT2D eigenvalue weighted by molar-refractivity contribution is 9.10. The number of hydrogen-bond acceptors (Lipinski definition) is 2. The van der Waals surface area contributed by atoms with Crippen LogP contribution in [0.25, 0.3) is 0 Å². The van der Waals surface area contributed by atoms with Crippen molar-refractivity contribution >= 4 is 27.9 Å². The van der Waals surface area contributed by atoms with Crippen LogP contribution < -0.4 is 11.1 Å². The van der Waals surface area contributed by atoms with Crippen molar-refractivity contribution in [1.82, 2.24) is 5.32 Å². The summed E-state index contributed by atoms with van der Waals surface area (Å²) in [6.45, 7) is 1.95. The zero-order valence-corrected chi connectivity index (χ0v) is 7.85. The molecule has 3 N–H and O–H groups in total. The number of nitrogens with two attached hydrogens (primary N) is 1. The van der Waals surface area contributed by atoms with E-state index in [0.717, 1.165) is 6.42 Å². The van der Waals surface area contributed by atoms with E-state index in [4.69, 9.17) is 5.73 Å².